The van der Waals surface area contributed by atoms with Gasteiger partial charge in [-0.2, -0.15) is 0 Å². The van der Waals surface area contributed by atoms with Crippen molar-refractivity contribution in [3.8, 4) is 5.75 Å². The summed E-state index contributed by atoms with van der Waals surface area (Å²) in [7, 11) is 0. The van der Waals surface area contributed by atoms with Crippen LogP contribution in [0, 0.1) is 0 Å². The molecule has 0 saturated carbocycles. The van der Waals surface area contributed by atoms with Gasteiger partial charge in [0, 0.05) is 16.7 Å². The zero-order valence-corrected chi connectivity index (χ0v) is 21.5. The van der Waals surface area contributed by atoms with Gasteiger partial charge in [-0.05, 0) is 60.2 Å². The molecule has 32 heavy (non-hydrogen) atoms. The summed E-state index contributed by atoms with van der Waals surface area (Å²) in [6.07, 6.45) is 20.4. The van der Waals surface area contributed by atoms with Crippen molar-refractivity contribution in [2.45, 2.75) is 96.4 Å². The quantitative estimate of drug-likeness (QED) is 0.169. The molecule has 1 aromatic carbocycles. The lowest BCUT2D eigenvalue weighted by molar-refractivity contribution is -0.137. The Morgan fingerprint density at radius 3 is 2.34 bits per heavy atom. The number of hydrogen-bond donors (Lipinski definition) is 2. The molecule has 1 aromatic heterocycles. The highest BCUT2D eigenvalue weighted by Gasteiger charge is 2.21. The van der Waals surface area contributed by atoms with Crippen LogP contribution in [0.2, 0.25) is 5.02 Å². The van der Waals surface area contributed by atoms with Crippen molar-refractivity contribution in [3.63, 3.8) is 0 Å². The second-order valence-electron chi connectivity index (χ2n) is 8.59. The fourth-order valence-electron chi connectivity index (χ4n) is 4.21. The number of allylic oxidation sites excluding steroid dienone is 2. The van der Waals surface area contributed by atoms with Crippen molar-refractivity contribution < 1.29 is 15.0 Å². The number of nitrogens with zero attached hydrogens (tertiary/aromatic N) is 1. The molecule has 1 heterocycles. The van der Waals surface area contributed by atoms with Gasteiger partial charge in [0.25, 0.3) is 0 Å². The van der Waals surface area contributed by atoms with E-state index in [0.717, 1.165) is 37.6 Å². The SMILES string of the molecule is CCCCCCCC/C=C\CCCCCC(CC(=O)O)n1cc(O)c2c(Cl)c(Br)ccc21. The molecular formula is C26H37BrClNO3. The van der Waals surface area contributed by atoms with Crippen molar-refractivity contribution >= 4 is 44.4 Å². The predicted octanol–water partition coefficient (Wildman–Crippen LogP) is 9.04. The van der Waals surface area contributed by atoms with Crippen molar-refractivity contribution in [3.05, 3.63) is 40.0 Å². The van der Waals surface area contributed by atoms with Crippen LogP contribution in [0.15, 0.2) is 35.0 Å². The number of hydrogen-bond acceptors (Lipinski definition) is 2. The maximum atomic E-state index is 11.5. The predicted molar refractivity (Wildman–Crippen MR) is 138 cm³/mol. The summed E-state index contributed by atoms with van der Waals surface area (Å²) in [4.78, 5) is 11.5. The normalized spacial score (nSPS) is 12.7. The van der Waals surface area contributed by atoms with Crippen LogP contribution in [0.3, 0.4) is 0 Å². The number of aromatic hydroxyl groups is 1. The Hall–Kier alpha value is -1.46. The lowest BCUT2D eigenvalue weighted by Gasteiger charge is -2.18. The lowest BCUT2D eigenvalue weighted by atomic mass is 10.0. The maximum absolute atomic E-state index is 11.5. The molecule has 0 fully saturated rings. The molecule has 0 aliphatic rings. The zero-order chi connectivity index (χ0) is 23.3. The van der Waals surface area contributed by atoms with Crippen molar-refractivity contribution in [1.82, 2.24) is 4.57 Å². The Morgan fingerprint density at radius 1 is 1.06 bits per heavy atom. The minimum absolute atomic E-state index is 0.0229. The van der Waals surface area contributed by atoms with Gasteiger partial charge in [-0.15, -0.1) is 0 Å². The van der Waals surface area contributed by atoms with Crippen LogP contribution < -0.4 is 0 Å². The molecule has 2 aromatic rings. The molecule has 0 bridgehead atoms. The summed E-state index contributed by atoms with van der Waals surface area (Å²) in [5.74, 6) is -0.755. The Bertz CT molecular complexity index is 878. The van der Waals surface area contributed by atoms with Crippen molar-refractivity contribution in [2.75, 3.05) is 0 Å². The van der Waals surface area contributed by atoms with Crippen LogP contribution in [0.4, 0.5) is 0 Å². The summed E-state index contributed by atoms with van der Waals surface area (Å²) in [5, 5.41) is 20.8. The molecule has 2 N–H and O–H groups in total. The standard InChI is InChI=1S/C26H37BrClNO3/c1-2-3-4-5-6-7-8-9-10-11-12-13-14-15-20(18-24(31)32)29-19-23(30)25-22(29)17-16-21(27)26(25)28/h9-10,16-17,19-20,30H,2-8,11-15,18H2,1H3,(H,31,32)/b10-9-. The molecule has 6 heteroatoms. The topological polar surface area (TPSA) is 62.5 Å². The third-order valence-corrected chi connectivity index (χ3v) is 7.25. The van der Waals surface area contributed by atoms with E-state index < -0.39 is 5.97 Å². The molecule has 4 nitrogen and oxygen atoms in total. The first-order valence-electron chi connectivity index (χ1n) is 12.0. The number of carboxylic acids is 1. The van der Waals surface area contributed by atoms with E-state index in [0.29, 0.717) is 14.9 Å². The highest BCUT2D eigenvalue weighted by Crippen LogP contribution is 2.40. The third-order valence-electron chi connectivity index (χ3n) is 5.97. The first kappa shape index (κ1) is 26.8. The Morgan fingerprint density at radius 2 is 1.69 bits per heavy atom. The summed E-state index contributed by atoms with van der Waals surface area (Å²) in [6.45, 7) is 2.25. The summed E-state index contributed by atoms with van der Waals surface area (Å²) < 4.78 is 2.58. The van der Waals surface area contributed by atoms with E-state index in [1.165, 1.54) is 44.9 Å². The molecule has 178 valence electrons. The summed E-state index contributed by atoms with van der Waals surface area (Å²) in [6, 6.07) is 3.49. The smallest absolute Gasteiger partial charge is 0.305 e. The number of rotatable bonds is 16. The fourth-order valence-corrected chi connectivity index (χ4v) is 4.79. The minimum Gasteiger partial charge on any atom is -0.506 e. The molecule has 2 rings (SSSR count). The average Bonchev–Trinajstić information content (AvgIpc) is 3.09. The maximum Gasteiger partial charge on any atom is 0.305 e. The van der Waals surface area contributed by atoms with E-state index in [2.05, 4.69) is 35.0 Å². The van der Waals surface area contributed by atoms with Crippen LogP contribution in [0.5, 0.6) is 5.75 Å². The second kappa shape index (κ2) is 14.6. The molecule has 0 amide bonds. The lowest BCUT2D eigenvalue weighted by Crippen LogP contribution is -2.13. The van der Waals surface area contributed by atoms with Gasteiger partial charge in [0.1, 0.15) is 5.75 Å². The van der Waals surface area contributed by atoms with E-state index in [9.17, 15) is 15.0 Å². The molecule has 0 radical (unpaired) electrons. The van der Waals surface area contributed by atoms with Crippen LogP contribution in [0.25, 0.3) is 10.9 Å². The highest BCUT2D eigenvalue weighted by molar-refractivity contribution is 9.10. The number of aromatic nitrogens is 1. The second-order valence-corrected chi connectivity index (χ2v) is 9.83. The van der Waals surface area contributed by atoms with Gasteiger partial charge in [0.2, 0.25) is 0 Å². The molecular weight excluding hydrogens is 490 g/mol. The first-order valence-corrected chi connectivity index (χ1v) is 13.2. The number of halogens is 2. The van der Waals surface area contributed by atoms with Gasteiger partial charge in [-0.1, -0.05) is 75.6 Å². The highest BCUT2D eigenvalue weighted by atomic mass is 79.9. The number of carbonyl (C=O) groups is 1. The Labute approximate surface area is 205 Å². The van der Waals surface area contributed by atoms with Crippen LogP contribution in [0.1, 0.15) is 96.4 Å². The molecule has 0 saturated heterocycles. The van der Waals surface area contributed by atoms with Gasteiger partial charge in [-0.3, -0.25) is 4.79 Å². The first-order chi connectivity index (χ1) is 15.5. The third kappa shape index (κ3) is 8.47. The van der Waals surface area contributed by atoms with Crippen molar-refractivity contribution in [1.29, 1.82) is 0 Å². The van der Waals surface area contributed by atoms with Crippen molar-refractivity contribution in [2.24, 2.45) is 0 Å². The summed E-state index contributed by atoms with van der Waals surface area (Å²) >= 11 is 9.73. The number of unbranched alkanes of at least 4 members (excludes halogenated alkanes) is 9. The van der Waals surface area contributed by atoms with Gasteiger partial charge in [0.05, 0.1) is 22.3 Å². The van der Waals surface area contributed by atoms with E-state index >= 15 is 0 Å². The van der Waals surface area contributed by atoms with E-state index in [4.69, 9.17) is 11.6 Å². The van der Waals surface area contributed by atoms with Gasteiger partial charge in [0.15, 0.2) is 0 Å². The molecule has 0 spiro atoms. The Kier molecular flexibility index (Phi) is 12.3. The van der Waals surface area contributed by atoms with Crippen LogP contribution in [-0.2, 0) is 4.79 Å². The Balaban J connectivity index is 1.79. The van der Waals surface area contributed by atoms with E-state index in [-0.39, 0.29) is 18.2 Å². The van der Waals surface area contributed by atoms with E-state index in [1.807, 2.05) is 16.7 Å². The largest absolute Gasteiger partial charge is 0.506 e. The van der Waals surface area contributed by atoms with E-state index in [1.54, 1.807) is 6.20 Å². The number of fused-ring (bicyclic) bond motifs is 1. The van der Waals surface area contributed by atoms with Crippen LogP contribution >= 0.6 is 27.5 Å². The fraction of sp³-hybridized carbons (Fsp3) is 0.577. The van der Waals surface area contributed by atoms with Gasteiger partial charge in [-0.25, -0.2) is 0 Å². The molecule has 0 aliphatic heterocycles. The van der Waals surface area contributed by atoms with Gasteiger partial charge >= 0.3 is 5.97 Å². The minimum atomic E-state index is -0.836. The number of carboxylic acid groups (broad SMARTS) is 1. The van der Waals surface area contributed by atoms with Crippen LogP contribution in [-0.4, -0.2) is 20.7 Å². The average molecular weight is 527 g/mol. The molecule has 1 unspecified atom stereocenters. The van der Waals surface area contributed by atoms with Gasteiger partial charge < -0.3 is 14.8 Å². The molecule has 0 aliphatic carbocycles. The molecule has 1 atom stereocenters. The monoisotopic (exact) mass is 525 g/mol. The number of aliphatic carboxylic acids is 1. The zero-order valence-electron chi connectivity index (χ0n) is 19.2. The summed E-state index contributed by atoms with van der Waals surface area (Å²) in [5.41, 5.74) is 0.763. The number of benzene rings is 1.